The summed E-state index contributed by atoms with van der Waals surface area (Å²) >= 11 is 1.54. The molecular weight excluding hydrogens is 372 g/mol. The molecule has 0 spiro atoms. The lowest BCUT2D eigenvalue weighted by molar-refractivity contribution is -0.142. The van der Waals surface area contributed by atoms with Crippen LogP contribution in [0.25, 0.3) is 10.4 Å². The van der Waals surface area contributed by atoms with Crippen LogP contribution in [0.2, 0.25) is 0 Å². The molecule has 148 valence electrons. The van der Waals surface area contributed by atoms with Gasteiger partial charge in [0.15, 0.2) is 4.80 Å². The van der Waals surface area contributed by atoms with Crippen LogP contribution in [0, 0.1) is 23.2 Å². The molecule has 4 fully saturated rings. The van der Waals surface area contributed by atoms with E-state index < -0.39 is 0 Å². The van der Waals surface area contributed by atoms with E-state index in [9.17, 15) is 4.79 Å². The van der Waals surface area contributed by atoms with Gasteiger partial charge in [0, 0.05) is 37.8 Å². The molecule has 4 bridgehead atoms. The Morgan fingerprint density at radius 3 is 2.46 bits per heavy atom. The minimum absolute atomic E-state index is 0.107. The van der Waals surface area contributed by atoms with E-state index in [0.29, 0.717) is 13.2 Å². The standard InChI is InChI=1S/C21H26N4O2S/c1-27-3-2-25-12-18(17-10-22-13-23-11-17)28-20(25)24-19(26)21-7-14-4-15(8-21)6-16(5-14)9-21/h10-16H,2-9H2,1H3/b24-20-. The first-order chi connectivity index (χ1) is 13.6. The number of methoxy groups -OCH3 is 1. The fourth-order valence-corrected chi connectivity index (χ4v) is 6.94. The fraction of sp³-hybridized carbons (Fsp3) is 0.619. The maximum atomic E-state index is 13.4. The Bertz CT molecular complexity index is 898. The average molecular weight is 399 g/mol. The molecule has 0 aromatic carbocycles. The molecule has 28 heavy (non-hydrogen) atoms. The Morgan fingerprint density at radius 2 is 1.86 bits per heavy atom. The number of carbonyl (C=O) groups is 1. The zero-order valence-corrected chi connectivity index (χ0v) is 17.0. The SMILES string of the molecule is COCCn1cc(-c2cncnc2)s/c1=N\C(=O)C12CC3CC(CC(C3)C1)C2. The molecule has 0 aliphatic heterocycles. The number of amides is 1. The topological polar surface area (TPSA) is 69.4 Å². The zero-order valence-electron chi connectivity index (χ0n) is 16.2. The minimum Gasteiger partial charge on any atom is -0.383 e. The van der Waals surface area contributed by atoms with Crippen molar-refractivity contribution >= 4 is 17.2 Å². The smallest absolute Gasteiger partial charge is 0.254 e. The summed E-state index contributed by atoms with van der Waals surface area (Å²) in [6.45, 7) is 1.26. The summed E-state index contributed by atoms with van der Waals surface area (Å²) in [5, 5.41) is 0. The van der Waals surface area contributed by atoms with Gasteiger partial charge in [-0.25, -0.2) is 9.97 Å². The van der Waals surface area contributed by atoms with Crippen molar-refractivity contribution in [1.82, 2.24) is 14.5 Å². The van der Waals surface area contributed by atoms with Crippen molar-refractivity contribution in [2.75, 3.05) is 13.7 Å². The number of nitrogens with zero attached hydrogens (tertiary/aromatic N) is 4. The number of rotatable bonds is 5. The normalized spacial score (nSPS) is 31.5. The molecule has 7 heteroatoms. The molecule has 4 aliphatic carbocycles. The maximum Gasteiger partial charge on any atom is 0.254 e. The van der Waals surface area contributed by atoms with Crippen molar-refractivity contribution in [1.29, 1.82) is 0 Å². The van der Waals surface area contributed by atoms with Crippen molar-refractivity contribution in [2.45, 2.75) is 45.1 Å². The summed E-state index contributed by atoms with van der Waals surface area (Å²) in [4.78, 5) is 28.1. The predicted molar refractivity (Wildman–Crippen MR) is 106 cm³/mol. The molecule has 1 amide bonds. The van der Waals surface area contributed by atoms with Gasteiger partial charge >= 0.3 is 0 Å². The molecule has 2 aromatic rings. The van der Waals surface area contributed by atoms with Crippen LogP contribution in [-0.4, -0.2) is 34.2 Å². The van der Waals surface area contributed by atoms with Crippen LogP contribution in [0.5, 0.6) is 0 Å². The van der Waals surface area contributed by atoms with E-state index in [1.54, 1.807) is 19.5 Å². The fourth-order valence-electron chi connectivity index (χ4n) is 5.95. The molecular formula is C21H26N4O2S. The summed E-state index contributed by atoms with van der Waals surface area (Å²) in [6.07, 6.45) is 14.3. The van der Waals surface area contributed by atoms with E-state index >= 15 is 0 Å². The molecule has 0 radical (unpaired) electrons. The quantitative estimate of drug-likeness (QED) is 0.775. The molecule has 0 saturated heterocycles. The average Bonchev–Trinajstić information content (AvgIpc) is 3.08. The van der Waals surface area contributed by atoms with E-state index in [0.717, 1.165) is 52.3 Å². The summed E-state index contributed by atoms with van der Waals surface area (Å²) in [5.41, 5.74) is 0.746. The molecule has 4 aliphatic rings. The summed E-state index contributed by atoms with van der Waals surface area (Å²) in [7, 11) is 1.69. The predicted octanol–water partition coefficient (Wildman–Crippen LogP) is 3.30. The van der Waals surface area contributed by atoms with Crippen LogP contribution in [-0.2, 0) is 16.1 Å². The van der Waals surface area contributed by atoms with Crippen LogP contribution >= 0.6 is 11.3 Å². The number of thiazole rings is 1. The Labute approximate surface area is 168 Å². The third-order valence-corrected chi connectivity index (χ3v) is 7.86. The third-order valence-electron chi connectivity index (χ3n) is 6.79. The zero-order chi connectivity index (χ0) is 19.1. The summed E-state index contributed by atoms with van der Waals surface area (Å²) in [5.74, 6) is 2.33. The minimum atomic E-state index is -0.201. The van der Waals surface area contributed by atoms with Crippen molar-refractivity contribution in [3.8, 4) is 10.4 Å². The second kappa shape index (κ2) is 7.19. The van der Waals surface area contributed by atoms with E-state index in [1.807, 2.05) is 10.8 Å². The van der Waals surface area contributed by atoms with Gasteiger partial charge in [-0.1, -0.05) is 11.3 Å². The van der Waals surface area contributed by atoms with E-state index in [2.05, 4.69) is 9.97 Å². The van der Waals surface area contributed by atoms with Crippen LogP contribution in [0.4, 0.5) is 0 Å². The molecule has 4 saturated carbocycles. The van der Waals surface area contributed by atoms with Crippen LogP contribution in [0.3, 0.4) is 0 Å². The first-order valence-corrected chi connectivity index (χ1v) is 11.0. The van der Waals surface area contributed by atoms with Crippen molar-refractivity contribution in [2.24, 2.45) is 28.2 Å². The van der Waals surface area contributed by atoms with Gasteiger partial charge in [0.25, 0.3) is 5.91 Å². The monoisotopic (exact) mass is 398 g/mol. The Balaban J connectivity index is 1.50. The lowest BCUT2D eigenvalue weighted by Gasteiger charge is -2.55. The number of hydrogen-bond acceptors (Lipinski definition) is 5. The first kappa shape index (κ1) is 18.2. The highest BCUT2D eigenvalue weighted by Crippen LogP contribution is 2.60. The summed E-state index contributed by atoms with van der Waals surface area (Å²) in [6, 6.07) is 0. The molecule has 0 N–H and O–H groups in total. The Kier molecular flexibility index (Phi) is 4.67. The second-order valence-electron chi connectivity index (χ2n) is 8.81. The first-order valence-electron chi connectivity index (χ1n) is 10.2. The van der Waals surface area contributed by atoms with E-state index in [-0.39, 0.29) is 11.3 Å². The van der Waals surface area contributed by atoms with Gasteiger partial charge in [-0.3, -0.25) is 4.79 Å². The highest BCUT2D eigenvalue weighted by Gasteiger charge is 2.54. The van der Waals surface area contributed by atoms with E-state index in [1.165, 1.54) is 36.9 Å². The van der Waals surface area contributed by atoms with Crippen LogP contribution in [0.1, 0.15) is 38.5 Å². The molecule has 0 atom stereocenters. The van der Waals surface area contributed by atoms with Gasteiger partial charge in [0.2, 0.25) is 0 Å². The van der Waals surface area contributed by atoms with Crippen molar-refractivity contribution in [3.63, 3.8) is 0 Å². The highest BCUT2D eigenvalue weighted by atomic mass is 32.1. The van der Waals surface area contributed by atoms with Crippen molar-refractivity contribution < 1.29 is 9.53 Å². The molecule has 6 rings (SSSR count). The van der Waals surface area contributed by atoms with Gasteiger partial charge < -0.3 is 9.30 Å². The van der Waals surface area contributed by atoms with E-state index in [4.69, 9.17) is 9.73 Å². The maximum absolute atomic E-state index is 13.4. The lowest BCUT2D eigenvalue weighted by atomic mass is 9.49. The molecule has 0 unspecified atom stereocenters. The molecule has 2 heterocycles. The number of ether oxygens (including phenoxy) is 1. The Hall–Kier alpha value is -1.86. The third kappa shape index (κ3) is 3.24. The lowest BCUT2D eigenvalue weighted by Crippen LogP contribution is -2.49. The van der Waals surface area contributed by atoms with Gasteiger partial charge in [-0.15, -0.1) is 0 Å². The van der Waals surface area contributed by atoms with Crippen LogP contribution < -0.4 is 4.80 Å². The van der Waals surface area contributed by atoms with Gasteiger partial charge in [-0.2, -0.15) is 4.99 Å². The number of carbonyl (C=O) groups excluding carboxylic acids is 1. The van der Waals surface area contributed by atoms with Gasteiger partial charge in [-0.05, 0) is 56.3 Å². The molecule has 6 nitrogen and oxygen atoms in total. The molecule has 2 aromatic heterocycles. The van der Waals surface area contributed by atoms with Gasteiger partial charge in [0.1, 0.15) is 6.33 Å². The second-order valence-corrected chi connectivity index (χ2v) is 9.82. The van der Waals surface area contributed by atoms with Gasteiger partial charge in [0.05, 0.1) is 16.9 Å². The number of hydrogen-bond donors (Lipinski definition) is 0. The number of aromatic nitrogens is 3. The van der Waals surface area contributed by atoms with Crippen molar-refractivity contribution in [3.05, 3.63) is 29.7 Å². The summed E-state index contributed by atoms with van der Waals surface area (Å²) < 4.78 is 7.29. The largest absolute Gasteiger partial charge is 0.383 e. The highest BCUT2D eigenvalue weighted by molar-refractivity contribution is 7.12. The van der Waals surface area contributed by atoms with Crippen LogP contribution in [0.15, 0.2) is 29.9 Å². The Morgan fingerprint density at radius 1 is 1.21 bits per heavy atom.